The van der Waals surface area contributed by atoms with Crippen LogP contribution in [0, 0.1) is 5.92 Å². The number of hydrogen-bond donors (Lipinski definition) is 0. The molecule has 0 saturated carbocycles. The van der Waals surface area contributed by atoms with Crippen LogP contribution in [0.1, 0.15) is 19.0 Å². The van der Waals surface area contributed by atoms with Crippen molar-refractivity contribution in [3.63, 3.8) is 0 Å². The highest BCUT2D eigenvalue weighted by molar-refractivity contribution is 9.09. The van der Waals surface area contributed by atoms with E-state index in [2.05, 4.69) is 57.1 Å². The molecule has 0 aliphatic carbocycles. The lowest BCUT2D eigenvalue weighted by Crippen LogP contribution is -2.39. The summed E-state index contributed by atoms with van der Waals surface area (Å²) in [6.07, 6.45) is 1.26. The molecule has 0 bridgehead atoms. The standard InChI is InChI=1S/C15H20BrN3/c1-11-7-8-19(9-13(11)16)10-14-12-5-3-4-6-15(12)18(2)17-14/h3-6,11,13H,7-10H2,1-2H3. The van der Waals surface area contributed by atoms with Gasteiger partial charge >= 0.3 is 0 Å². The number of likely N-dealkylation sites (tertiary alicyclic amines) is 1. The lowest BCUT2D eigenvalue weighted by Gasteiger charge is -2.33. The summed E-state index contributed by atoms with van der Waals surface area (Å²) in [6.45, 7) is 5.57. The summed E-state index contributed by atoms with van der Waals surface area (Å²) in [6, 6.07) is 8.48. The molecule has 1 aliphatic heterocycles. The first-order valence-electron chi connectivity index (χ1n) is 6.92. The fourth-order valence-corrected chi connectivity index (χ4v) is 3.52. The van der Waals surface area contributed by atoms with Gasteiger partial charge in [0.05, 0.1) is 11.2 Å². The summed E-state index contributed by atoms with van der Waals surface area (Å²) in [5, 5.41) is 5.97. The van der Waals surface area contributed by atoms with Gasteiger partial charge in [-0.25, -0.2) is 0 Å². The number of alkyl halides is 1. The summed E-state index contributed by atoms with van der Waals surface area (Å²) in [7, 11) is 2.03. The van der Waals surface area contributed by atoms with E-state index >= 15 is 0 Å². The van der Waals surface area contributed by atoms with Crippen molar-refractivity contribution in [1.29, 1.82) is 0 Å². The summed E-state index contributed by atoms with van der Waals surface area (Å²) in [5.41, 5.74) is 2.42. The van der Waals surface area contributed by atoms with Gasteiger partial charge in [-0.05, 0) is 24.9 Å². The Morgan fingerprint density at radius 3 is 2.95 bits per heavy atom. The SMILES string of the molecule is CC1CCN(Cc2nn(C)c3ccccc23)CC1Br. The fourth-order valence-electron chi connectivity index (χ4n) is 2.85. The number of aromatic nitrogens is 2. The molecular weight excluding hydrogens is 302 g/mol. The lowest BCUT2D eigenvalue weighted by atomic mass is 9.99. The Morgan fingerprint density at radius 2 is 2.16 bits per heavy atom. The van der Waals surface area contributed by atoms with Crippen molar-refractivity contribution in [2.24, 2.45) is 13.0 Å². The third kappa shape index (κ3) is 2.56. The van der Waals surface area contributed by atoms with Crippen LogP contribution < -0.4 is 0 Å². The summed E-state index contributed by atoms with van der Waals surface area (Å²) in [4.78, 5) is 3.12. The zero-order valence-corrected chi connectivity index (χ0v) is 13.1. The summed E-state index contributed by atoms with van der Waals surface area (Å²) >= 11 is 3.80. The van der Waals surface area contributed by atoms with E-state index in [0.29, 0.717) is 4.83 Å². The third-order valence-electron chi connectivity index (χ3n) is 4.16. The van der Waals surface area contributed by atoms with E-state index in [1.165, 1.54) is 29.6 Å². The minimum atomic E-state index is 0.608. The largest absolute Gasteiger partial charge is 0.296 e. The molecule has 0 spiro atoms. The number of fused-ring (bicyclic) bond motifs is 1. The molecule has 4 heteroatoms. The van der Waals surface area contributed by atoms with Crippen molar-refractivity contribution < 1.29 is 0 Å². The normalized spacial score (nSPS) is 25.0. The Labute approximate surface area is 122 Å². The molecule has 1 aromatic heterocycles. The average molecular weight is 322 g/mol. The quantitative estimate of drug-likeness (QED) is 0.792. The number of nitrogens with zero attached hydrogens (tertiary/aromatic N) is 3. The maximum absolute atomic E-state index is 4.69. The topological polar surface area (TPSA) is 21.1 Å². The van der Waals surface area contributed by atoms with Crippen LogP contribution in [0.3, 0.4) is 0 Å². The number of rotatable bonds is 2. The molecule has 1 aliphatic rings. The van der Waals surface area contributed by atoms with Crippen molar-refractivity contribution >= 4 is 26.8 Å². The number of aryl methyl sites for hydroxylation is 1. The Balaban J connectivity index is 1.82. The highest BCUT2D eigenvalue weighted by atomic mass is 79.9. The second-order valence-electron chi connectivity index (χ2n) is 5.60. The maximum Gasteiger partial charge on any atom is 0.0843 e. The van der Waals surface area contributed by atoms with E-state index in [0.717, 1.165) is 19.0 Å². The van der Waals surface area contributed by atoms with Gasteiger partial charge in [0.25, 0.3) is 0 Å². The van der Waals surface area contributed by atoms with Gasteiger partial charge in [-0.3, -0.25) is 9.58 Å². The highest BCUT2D eigenvalue weighted by Crippen LogP contribution is 2.26. The fraction of sp³-hybridized carbons (Fsp3) is 0.533. The first-order chi connectivity index (χ1) is 9.15. The molecule has 2 atom stereocenters. The molecule has 1 fully saturated rings. The molecule has 0 N–H and O–H groups in total. The minimum Gasteiger partial charge on any atom is -0.296 e. The number of piperidine rings is 1. The Hall–Kier alpha value is -0.870. The molecule has 3 rings (SSSR count). The van der Waals surface area contributed by atoms with Gasteiger partial charge in [0.15, 0.2) is 0 Å². The highest BCUT2D eigenvalue weighted by Gasteiger charge is 2.24. The Bertz CT molecular complexity index is 578. The molecule has 3 nitrogen and oxygen atoms in total. The molecule has 0 radical (unpaired) electrons. The van der Waals surface area contributed by atoms with Gasteiger partial charge in [0.2, 0.25) is 0 Å². The van der Waals surface area contributed by atoms with Gasteiger partial charge in [-0.2, -0.15) is 5.10 Å². The Kier molecular flexibility index (Phi) is 3.63. The van der Waals surface area contributed by atoms with Gasteiger partial charge in [-0.1, -0.05) is 41.1 Å². The molecule has 0 amide bonds. The first kappa shape index (κ1) is 13.1. The zero-order valence-electron chi connectivity index (χ0n) is 11.5. The number of halogens is 1. The molecule has 2 heterocycles. The maximum atomic E-state index is 4.69. The van der Waals surface area contributed by atoms with Crippen molar-refractivity contribution in [1.82, 2.24) is 14.7 Å². The summed E-state index contributed by atoms with van der Waals surface area (Å²) in [5.74, 6) is 0.775. The van der Waals surface area contributed by atoms with Crippen LogP contribution in [0.4, 0.5) is 0 Å². The molecule has 2 unspecified atom stereocenters. The van der Waals surface area contributed by atoms with Crippen LogP contribution in [0.2, 0.25) is 0 Å². The van der Waals surface area contributed by atoms with E-state index < -0.39 is 0 Å². The molecule has 102 valence electrons. The van der Waals surface area contributed by atoms with Crippen LogP contribution in [-0.4, -0.2) is 32.6 Å². The van der Waals surface area contributed by atoms with Crippen molar-refractivity contribution in [2.45, 2.75) is 24.7 Å². The summed E-state index contributed by atoms with van der Waals surface area (Å²) < 4.78 is 1.99. The van der Waals surface area contributed by atoms with Crippen LogP contribution in [0.15, 0.2) is 24.3 Å². The first-order valence-corrected chi connectivity index (χ1v) is 7.84. The van der Waals surface area contributed by atoms with Gasteiger partial charge < -0.3 is 0 Å². The van der Waals surface area contributed by atoms with Crippen LogP contribution in [0.5, 0.6) is 0 Å². The van der Waals surface area contributed by atoms with Crippen LogP contribution in [-0.2, 0) is 13.6 Å². The van der Waals surface area contributed by atoms with Crippen LogP contribution in [0.25, 0.3) is 10.9 Å². The predicted octanol–water partition coefficient (Wildman–Crippen LogP) is 3.18. The van der Waals surface area contributed by atoms with Crippen molar-refractivity contribution in [3.8, 4) is 0 Å². The average Bonchev–Trinajstić information content (AvgIpc) is 2.72. The number of hydrogen-bond acceptors (Lipinski definition) is 2. The van der Waals surface area contributed by atoms with Crippen molar-refractivity contribution in [2.75, 3.05) is 13.1 Å². The van der Waals surface area contributed by atoms with E-state index in [-0.39, 0.29) is 0 Å². The molecular formula is C15H20BrN3. The third-order valence-corrected chi connectivity index (χ3v) is 5.35. The van der Waals surface area contributed by atoms with Gasteiger partial charge in [0, 0.05) is 30.4 Å². The minimum absolute atomic E-state index is 0.608. The van der Waals surface area contributed by atoms with Crippen LogP contribution >= 0.6 is 15.9 Å². The monoisotopic (exact) mass is 321 g/mol. The van der Waals surface area contributed by atoms with E-state index in [1.807, 2.05) is 11.7 Å². The molecule has 1 aromatic carbocycles. The van der Waals surface area contributed by atoms with E-state index in [9.17, 15) is 0 Å². The lowest BCUT2D eigenvalue weighted by molar-refractivity contribution is 0.192. The molecule has 2 aromatic rings. The zero-order chi connectivity index (χ0) is 13.4. The van der Waals surface area contributed by atoms with Gasteiger partial charge in [0.1, 0.15) is 0 Å². The smallest absolute Gasteiger partial charge is 0.0843 e. The van der Waals surface area contributed by atoms with Crippen molar-refractivity contribution in [3.05, 3.63) is 30.0 Å². The molecule has 19 heavy (non-hydrogen) atoms. The molecule has 1 saturated heterocycles. The predicted molar refractivity (Wildman–Crippen MR) is 82.5 cm³/mol. The number of benzene rings is 1. The second kappa shape index (κ2) is 5.25. The Morgan fingerprint density at radius 1 is 1.37 bits per heavy atom. The van der Waals surface area contributed by atoms with E-state index in [1.54, 1.807) is 0 Å². The number of para-hydroxylation sites is 1. The second-order valence-corrected chi connectivity index (χ2v) is 6.78. The van der Waals surface area contributed by atoms with Gasteiger partial charge in [-0.15, -0.1) is 0 Å². The van der Waals surface area contributed by atoms with E-state index in [4.69, 9.17) is 0 Å².